The zero-order valence-electron chi connectivity index (χ0n) is 31.3. The van der Waals surface area contributed by atoms with E-state index in [-0.39, 0.29) is 24.0 Å². The molecule has 2 unspecified atom stereocenters. The number of fused-ring (bicyclic) bond motifs is 1. The van der Waals surface area contributed by atoms with E-state index in [0.717, 1.165) is 31.9 Å². The van der Waals surface area contributed by atoms with Gasteiger partial charge in [-0.1, -0.05) is 57.5 Å². The lowest BCUT2D eigenvalue weighted by Crippen LogP contribution is -2.47. The van der Waals surface area contributed by atoms with Crippen LogP contribution in [0.2, 0.25) is 39.3 Å². The summed E-state index contributed by atoms with van der Waals surface area (Å²) < 4.78 is 29.1. The van der Waals surface area contributed by atoms with Crippen LogP contribution in [0.4, 0.5) is 5.82 Å². The highest BCUT2D eigenvalue weighted by Gasteiger charge is 2.44. The maximum atomic E-state index is 12.5. The Morgan fingerprint density at radius 1 is 1.00 bits per heavy atom. The number of hydrogen-bond acceptors (Lipinski definition) is 9. The molecule has 3 aromatic heterocycles. The highest BCUT2D eigenvalue weighted by Crippen LogP contribution is 2.43. The molecular weight excluding hydrogens is 796 g/mol. The largest absolute Gasteiger partial charge is 0.479 e. The molecule has 1 aliphatic carbocycles. The Morgan fingerprint density at radius 2 is 1.63 bits per heavy atom. The van der Waals surface area contributed by atoms with Gasteiger partial charge < -0.3 is 29.4 Å². The Kier molecular flexibility index (Phi) is 12.5. The van der Waals surface area contributed by atoms with E-state index in [9.17, 15) is 9.90 Å². The molecule has 0 amide bonds. The van der Waals surface area contributed by atoms with E-state index in [0.29, 0.717) is 37.9 Å². The highest BCUT2D eigenvalue weighted by atomic mass is 127. The average molecular weight is 849 g/mol. The number of aliphatic carboxylic acids is 1. The van der Waals surface area contributed by atoms with Crippen LogP contribution in [0.25, 0.3) is 22.5 Å². The highest BCUT2D eigenvalue weighted by molar-refractivity contribution is 14.1. The van der Waals surface area contributed by atoms with Crippen molar-refractivity contribution in [3.63, 3.8) is 0 Å². The lowest BCUT2D eigenvalue weighted by Gasteiger charge is -2.37. The van der Waals surface area contributed by atoms with Crippen LogP contribution in [0, 0.1) is 3.57 Å². The summed E-state index contributed by atoms with van der Waals surface area (Å²) in [5, 5.41) is 23.4. The summed E-state index contributed by atoms with van der Waals surface area (Å²) in [4.78, 5) is 17.8. The van der Waals surface area contributed by atoms with E-state index < -0.39 is 34.1 Å². The molecule has 1 saturated carbocycles. The number of methoxy groups -OCH3 is 1. The van der Waals surface area contributed by atoms with E-state index in [1.807, 2.05) is 58.1 Å². The SMILES string of the molecule is COCCOC1(C(=O)O)CCC(c2nc3c(-c4cnn(-c5ccccc5)c4)cnn3c(NC(OC(C)[Si](C)(C)C)OC(C)[Si](C)(C)C)c2I)CC1. The van der Waals surface area contributed by atoms with E-state index in [1.54, 1.807) is 7.11 Å². The van der Waals surface area contributed by atoms with Crippen molar-refractivity contribution in [3.8, 4) is 16.8 Å². The molecule has 0 aliphatic heterocycles. The van der Waals surface area contributed by atoms with E-state index in [2.05, 4.69) is 86.1 Å². The van der Waals surface area contributed by atoms with Crippen molar-refractivity contribution in [1.82, 2.24) is 24.4 Å². The van der Waals surface area contributed by atoms with E-state index in [1.165, 1.54) is 0 Å². The quantitative estimate of drug-likeness (QED) is 0.0503. The van der Waals surface area contributed by atoms with Gasteiger partial charge in [0.15, 0.2) is 11.2 Å². The third-order valence-electron chi connectivity index (χ3n) is 10.1. The molecule has 278 valence electrons. The fourth-order valence-corrected chi connectivity index (χ4v) is 7.87. The zero-order chi connectivity index (χ0) is 37.1. The predicted octanol–water partition coefficient (Wildman–Crippen LogP) is 7.59. The minimum atomic E-state index is -1.69. The molecule has 0 radical (unpaired) electrons. The number of benzene rings is 1. The Bertz CT molecular complexity index is 1760. The van der Waals surface area contributed by atoms with Gasteiger partial charge >= 0.3 is 5.97 Å². The number of aromatic nitrogens is 5. The summed E-state index contributed by atoms with van der Waals surface area (Å²) in [6.07, 6.45) is 6.85. The number of carbonyl (C=O) groups is 1. The third kappa shape index (κ3) is 9.11. The maximum absolute atomic E-state index is 12.5. The zero-order valence-corrected chi connectivity index (χ0v) is 35.4. The van der Waals surface area contributed by atoms with Crippen molar-refractivity contribution in [2.24, 2.45) is 0 Å². The predicted molar refractivity (Wildman–Crippen MR) is 213 cm³/mol. The summed E-state index contributed by atoms with van der Waals surface area (Å²) in [5.41, 5.74) is 2.99. The van der Waals surface area contributed by atoms with E-state index >= 15 is 0 Å². The summed E-state index contributed by atoms with van der Waals surface area (Å²) in [7, 11) is -1.79. The van der Waals surface area contributed by atoms with Crippen LogP contribution in [-0.2, 0) is 23.7 Å². The third-order valence-corrected chi connectivity index (χ3v) is 16.3. The Balaban J connectivity index is 1.58. The number of rotatable bonds is 16. The molecular formula is C36H53IN6O6Si2. The first kappa shape index (κ1) is 39.5. The van der Waals surface area contributed by atoms with Crippen molar-refractivity contribution in [2.45, 2.75) is 108 Å². The molecule has 5 rings (SSSR count). The maximum Gasteiger partial charge on any atom is 0.335 e. The fourth-order valence-electron chi connectivity index (χ4n) is 5.86. The van der Waals surface area contributed by atoms with Crippen molar-refractivity contribution in [2.75, 3.05) is 25.6 Å². The molecule has 0 spiro atoms. The molecule has 1 fully saturated rings. The summed E-state index contributed by atoms with van der Waals surface area (Å²) in [5.74, 6) is -0.215. The van der Waals surface area contributed by atoms with Gasteiger partial charge in [0.25, 0.3) is 0 Å². The Labute approximate surface area is 316 Å². The average Bonchev–Trinajstić information content (AvgIpc) is 3.73. The summed E-state index contributed by atoms with van der Waals surface area (Å²) >= 11 is 2.35. The van der Waals surface area contributed by atoms with Gasteiger partial charge in [-0.25, -0.2) is 14.5 Å². The molecule has 15 heteroatoms. The number of nitrogens with one attached hydrogen (secondary N) is 1. The van der Waals surface area contributed by atoms with Crippen molar-refractivity contribution in [3.05, 3.63) is 58.2 Å². The van der Waals surface area contributed by atoms with Crippen LogP contribution in [0.1, 0.15) is 51.1 Å². The van der Waals surface area contributed by atoms with Gasteiger partial charge in [-0.15, -0.1) is 0 Å². The number of halogens is 1. The number of anilines is 1. The van der Waals surface area contributed by atoms with Crippen LogP contribution in [0.3, 0.4) is 0 Å². The summed E-state index contributed by atoms with van der Waals surface area (Å²) in [6, 6.07) is 9.97. The first-order chi connectivity index (χ1) is 24.0. The second kappa shape index (κ2) is 16.1. The smallest absolute Gasteiger partial charge is 0.335 e. The molecule has 2 atom stereocenters. The minimum Gasteiger partial charge on any atom is -0.479 e. The van der Waals surface area contributed by atoms with Crippen LogP contribution < -0.4 is 5.32 Å². The van der Waals surface area contributed by atoms with Gasteiger partial charge in [-0.3, -0.25) is 0 Å². The van der Waals surface area contributed by atoms with Gasteiger partial charge in [0.05, 0.1) is 68.2 Å². The standard InChI is InChI=1S/C36H53IN6O6Si2/c1-24(50(4,5)6)48-35(49-25(2)51(7,8)9)41-33-30(37)31(26-15-17-36(18-16-26,34(44)45)47-20-19-46-3)40-32-29(22-39-43(32)33)27-21-38-42(23-27)28-13-11-10-12-14-28/h10-14,21-26,35,41H,15-20H2,1-9H3,(H,44,45). The van der Waals surface area contributed by atoms with Gasteiger partial charge in [0, 0.05) is 30.4 Å². The van der Waals surface area contributed by atoms with Gasteiger partial charge in [-0.05, 0) is 74.3 Å². The second-order valence-corrected chi connectivity index (χ2v) is 27.8. The molecule has 1 aromatic carbocycles. The van der Waals surface area contributed by atoms with Crippen LogP contribution >= 0.6 is 22.6 Å². The first-order valence-electron chi connectivity index (χ1n) is 17.7. The minimum absolute atomic E-state index is 0.00200. The first-order valence-corrected chi connectivity index (χ1v) is 25.9. The lowest BCUT2D eigenvalue weighted by atomic mass is 9.77. The van der Waals surface area contributed by atoms with E-state index in [4.69, 9.17) is 29.0 Å². The number of nitrogens with zero attached hydrogens (tertiary/aromatic N) is 5. The fraction of sp³-hybridized carbons (Fsp3) is 0.556. The van der Waals surface area contributed by atoms with Crippen molar-refractivity contribution in [1.29, 1.82) is 0 Å². The Morgan fingerprint density at radius 3 is 2.20 bits per heavy atom. The number of carboxylic acid groups (broad SMARTS) is 1. The molecule has 0 saturated heterocycles. The normalized spacial score (nSPS) is 20.3. The number of para-hydroxylation sites is 1. The van der Waals surface area contributed by atoms with Gasteiger partial charge in [-0.2, -0.15) is 14.7 Å². The number of hydrogen-bond donors (Lipinski definition) is 2. The molecule has 4 aromatic rings. The molecule has 1 aliphatic rings. The lowest BCUT2D eigenvalue weighted by molar-refractivity contribution is -0.173. The number of carboxylic acids is 1. The summed E-state index contributed by atoms with van der Waals surface area (Å²) in [6.45, 7) is 18.6. The van der Waals surface area contributed by atoms with Gasteiger partial charge in [0.1, 0.15) is 5.82 Å². The second-order valence-electron chi connectivity index (χ2n) is 15.6. The molecule has 3 heterocycles. The molecule has 2 N–H and O–H groups in total. The van der Waals surface area contributed by atoms with Crippen LogP contribution in [0.15, 0.2) is 48.9 Å². The van der Waals surface area contributed by atoms with Crippen LogP contribution in [0.5, 0.6) is 0 Å². The van der Waals surface area contributed by atoms with Crippen LogP contribution in [-0.4, -0.2) is 95.4 Å². The molecule has 12 nitrogen and oxygen atoms in total. The molecule has 0 bridgehead atoms. The Hall–Kier alpha value is -2.68. The van der Waals surface area contributed by atoms with Crippen molar-refractivity contribution >= 4 is 56.2 Å². The molecule has 51 heavy (non-hydrogen) atoms. The van der Waals surface area contributed by atoms with Crippen molar-refractivity contribution < 1.29 is 28.8 Å². The topological polar surface area (TPSA) is 134 Å². The number of ether oxygens (including phenoxy) is 4. The monoisotopic (exact) mass is 848 g/mol. The van der Waals surface area contributed by atoms with Gasteiger partial charge in [0.2, 0.25) is 6.41 Å².